The number of hydrogen-bond donors (Lipinski definition) is 1. The van der Waals surface area contributed by atoms with Gasteiger partial charge in [0.2, 0.25) is 5.89 Å². The summed E-state index contributed by atoms with van der Waals surface area (Å²) in [6, 6.07) is -0.168. The summed E-state index contributed by atoms with van der Waals surface area (Å²) in [6.45, 7) is 0. The third-order valence-electron chi connectivity index (χ3n) is 3.02. The Kier molecular flexibility index (Phi) is 2.75. The average Bonchev–Trinajstić information content (AvgIpc) is 2.84. The van der Waals surface area contributed by atoms with Crippen molar-refractivity contribution in [3.63, 3.8) is 0 Å². The predicted octanol–water partition coefficient (Wildman–Crippen LogP) is 2.11. The maximum atomic E-state index is 12.4. The van der Waals surface area contributed by atoms with Crippen LogP contribution in [0.3, 0.4) is 0 Å². The lowest BCUT2D eigenvalue weighted by Crippen LogP contribution is -2.15. The zero-order chi connectivity index (χ0) is 14.6. The van der Waals surface area contributed by atoms with Crippen molar-refractivity contribution in [1.82, 2.24) is 19.6 Å². The smallest absolute Gasteiger partial charge is 0.329 e. The first-order valence-electron chi connectivity index (χ1n) is 6.02. The fourth-order valence-corrected chi connectivity index (χ4v) is 4.29. The number of hydrogen-bond acceptors (Lipinski definition) is 7. The molecule has 0 saturated heterocycles. The van der Waals surface area contributed by atoms with Crippen LogP contribution in [-0.4, -0.2) is 28.0 Å². The Morgan fingerprint density at radius 3 is 3.00 bits per heavy atom. The van der Waals surface area contributed by atoms with Gasteiger partial charge in [0.1, 0.15) is 0 Å². The first kappa shape index (κ1) is 13.0. The van der Waals surface area contributed by atoms with Gasteiger partial charge in [-0.3, -0.25) is 4.40 Å². The molecule has 0 amide bonds. The van der Waals surface area contributed by atoms with E-state index < -0.39 is 10.0 Å². The van der Waals surface area contributed by atoms with Crippen LogP contribution in [0.4, 0.5) is 6.01 Å². The molecular weight excluding hydrogens is 338 g/mol. The van der Waals surface area contributed by atoms with E-state index >= 15 is 0 Å². The van der Waals surface area contributed by atoms with Crippen molar-refractivity contribution in [3.05, 3.63) is 22.6 Å². The van der Waals surface area contributed by atoms with Gasteiger partial charge in [0, 0.05) is 17.5 Å². The zero-order valence-corrected chi connectivity index (χ0v) is 12.7. The highest BCUT2D eigenvalue weighted by atomic mass is 35.5. The third kappa shape index (κ3) is 2.19. The van der Waals surface area contributed by atoms with Crippen molar-refractivity contribution in [2.45, 2.75) is 23.8 Å². The van der Waals surface area contributed by atoms with Crippen molar-refractivity contribution in [1.29, 1.82) is 0 Å². The molecule has 0 radical (unpaired) electrons. The van der Waals surface area contributed by atoms with Crippen LogP contribution in [0.25, 0.3) is 4.96 Å². The van der Waals surface area contributed by atoms with Gasteiger partial charge in [0.05, 0.1) is 0 Å². The van der Waals surface area contributed by atoms with Crippen molar-refractivity contribution in [2.24, 2.45) is 0 Å². The molecule has 8 nitrogen and oxygen atoms in total. The maximum absolute atomic E-state index is 12.4. The average molecular weight is 346 g/mol. The molecule has 0 spiro atoms. The molecule has 1 saturated carbocycles. The second-order valence-electron chi connectivity index (χ2n) is 4.59. The third-order valence-corrected chi connectivity index (χ3v) is 5.50. The van der Waals surface area contributed by atoms with E-state index in [1.807, 2.05) is 0 Å². The molecule has 110 valence electrons. The molecule has 1 aliphatic carbocycles. The van der Waals surface area contributed by atoms with Crippen LogP contribution >= 0.6 is 22.9 Å². The highest BCUT2D eigenvalue weighted by Gasteiger charge is 2.31. The van der Waals surface area contributed by atoms with E-state index in [0.29, 0.717) is 10.9 Å². The summed E-state index contributed by atoms with van der Waals surface area (Å²) in [7, 11) is -3.96. The molecule has 3 aromatic rings. The Labute approximate surface area is 127 Å². The van der Waals surface area contributed by atoms with Crippen LogP contribution in [0.2, 0.25) is 5.15 Å². The minimum Gasteiger partial charge on any atom is -0.407 e. The molecule has 0 unspecified atom stereocenters. The molecule has 4 rings (SSSR count). The van der Waals surface area contributed by atoms with Crippen molar-refractivity contribution in [2.75, 3.05) is 4.72 Å². The molecule has 0 aliphatic heterocycles. The lowest BCUT2D eigenvalue weighted by molar-refractivity contribution is 0.510. The minimum atomic E-state index is -3.96. The van der Waals surface area contributed by atoms with Gasteiger partial charge in [-0.1, -0.05) is 16.7 Å². The van der Waals surface area contributed by atoms with E-state index in [4.69, 9.17) is 16.0 Å². The fraction of sp³-hybridized carbons (Fsp3) is 0.300. The molecule has 3 heterocycles. The van der Waals surface area contributed by atoms with Crippen molar-refractivity contribution < 1.29 is 12.8 Å². The van der Waals surface area contributed by atoms with Gasteiger partial charge in [-0.15, -0.1) is 16.4 Å². The zero-order valence-electron chi connectivity index (χ0n) is 10.4. The summed E-state index contributed by atoms with van der Waals surface area (Å²) < 4.78 is 33.7. The van der Waals surface area contributed by atoms with Crippen LogP contribution in [-0.2, 0) is 10.0 Å². The van der Waals surface area contributed by atoms with E-state index in [2.05, 4.69) is 19.9 Å². The highest BCUT2D eigenvalue weighted by Crippen LogP contribution is 2.39. The molecule has 1 aliphatic rings. The number of aromatic nitrogens is 4. The van der Waals surface area contributed by atoms with Crippen LogP contribution in [0.1, 0.15) is 24.7 Å². The second kappa shape index (κ2) is 4.42. The normalized spacial score (nSPS) is 15.7. The molecule has 21 heavy (non-hydrogen) atoms. The van der Waals surface area contributed by atoms with Crippen LogP contribution in [0.5, 0.6) is 0 Å². The minimum absolute atomic E-state index is 0.101. The van der Waals surface area contributed by atoms with Crippen molar-refractivity contribution >= 4 is 43.9 Å². The number of imidazole rings is 1. The second-order valence-corrected chi connectivity index (χ2v) is 7.42. The first-order valence-corrected chi connectivity index (χ1v) is 8.76. The van der Waals surface area contributed by atoms with E-state index in [9.17, 15) is 8.42 Å². The van der Waals surface area contributed by atoms with E-state index in [1.165, 1.54) is 15.7 Å². The quantitative estimate of drug-likeness (QED) is 0.776. The Morgan fingerprint density at radius 2 is 2.24 bits per heavy atom. The first-order chi connectivity index (χ1) is 10.0. The fourth-order valence-electron chi connectivity index (χ4n) is 1.91. The van der Waals surface area contributed by atoms with Crippen molar-refractivity contribution in [3.8, 4) is 0 Å². The van der Waals surface area contributed by atoms with Crippen LogP contribution < -0.4 is 4.72 Å². The maximum Gasteiger partial charge on any atom is 0.329 e. The number of halogens is 1. The summed E-state index contributed by atoms with van der Waals surface area (Å²) in [5.41, 5.74) is 0. The summed E-state index contributed by atoms with van der Waals surface area (Å²) >= 11 is 7.20. The standard InChI is InChI=1S/C10H8ClN5O3S2/c11-6-8(16-3-4-20-10(16)12-6)21(17,18)15-9-14-13-7(19-9)5-1-2-5/h3-5H,1-2H2,(H,14,15). The highest BCUT2D eigenvalue weighted by molar-refractivity contribution is 7.92. The van der Waals surface area contributed by atoms with Crippen LogP contribution in [0.15, 0.2) is 21.0 Å². The molecule has 0 atom stereocenters. The number of rotatable bonds is 4. The number of thiazole rings is 1. The number of sulfonamides is 1. The molecule has 3 aromatic heterocycles. The summed E-state index contributed by atoms with van der Waals surface area (Å²) in [6.07, 6.45) is 3.55. The summed E-state index contributed by atoms with van der Waals surface area (Å²) in [5.74, 6) is 0.700. The Bertz CT molecular complexity index is 924. The lowest BCUT2D eigenvalue weighted by Gasteiger charge is -2.02. The SMILES string of the molecule is O=S(=O)(Nc1nnc(C2CC2)o1)c1c(Cl)nc2sccn12. The largest absolute Gasteiger partial charge is 0.407 e. The summed E-state index contributed by atoms with van der Waals surface area (Å²) in [4.78, 5) is 4.48. The molecule has 1 N–H and O–H groups in total. The van der Waals surface area contributed by atoms with Gasteiger partial charge in [0.25, 0.3) is 10.0 Å². The number of anilines is 1. The summed E-state index contributed by atoms with van der Waals surface area (Å²) in [5, 5.41) is 8.98. The van der Waals surface area contributed by atoms with Crippen LogP contribution in [0, 0.1) is 0 Å². The Hall–Kier alpha value is -1.65. The molecule has 0 bridgehead atoms. The van der Waals surface area contributed by atoms with E-state index in [0.717, 1.165) is 12.8 Å². The number of fused-ring (bicyclic) bond motifs is 1. The van der Waals surface area contributed by atoms with Gasteiger partial charge < -0.3 is 4.42 Å². The van der Waals surface area contributed by atoms with E-state index in [-0.39, 0.29) is 22.1 Å². The van der Waals surface area contributed by atoms with E-state index in [1.54, 1.807) is 11.6 Å². The molecule has 1 fully saturated rings. The van der Waals surface area contributed by atoms with Gasteiger partial charge in [-0.05, 0) is 12.8 Å². The van der Waals surface area contributed by atoms with Gasteiger partial charge in [0.15, 0.2) is 15.1 Å². The monoisotopic (exact) mass is 345 g/mol. The molecule has 11 heteroatoms. The van der Waals surface area contributed by atoms with Gasteiger partial charge in [-0.2, -0.15) is 8.42 Å². The number of nitrogens with one attached hydrogen (secondary N) is 1. The topological polar surface area (TPSA) is 102 Å². The Balaban J connectivity index is 1.71. The Morgan fingerprint density at radius 1 is 1.43 bits per heavy atom. The number of nitrogens with zero attached hydrogens (tertiary/aromatic N) is 4. The predicted molar refractivity (Wildman–Crippen MR) is 75.2 cm³/mol. The lowest BCUT2D eigenvalue weighted by atomic mass is 10.4. The van der Waals surface area contributed by atoms with Gasteiger partial charge in [-0.25, -0.2) is 9.71 Å². The molecule has 0 aromatic carbocycles. The van der Waals surface area contributed by atoms with Gasteiger partial charge >= 0.3 is 6.01 Å². The molecular formula is C10H8ClN5O3S2.